The molecule has 14 heavy (non-hydrogen) atoms. The molecule has 0 amide bonds. The molecule has 0 radical (unpaired) electrons. The van der Waals surface area contributed by atoms with Crippen molar-refractivity contribution >= 4 is 12.1 Å². The molecule has 0 aliphatic carbocycles. The molecule has 0 aromatic rings. The van der Waals surface area contributed by atoms with E-state index in [-0.39, 0.29) is 17.1 Å². The van der Waals surface area contributed by atoms with Crippen LogP contribution in [0.5, 0.6) is 0 Å². The Bertz CT molecular complexity index is 197. The van der Waals surface area contributed by atoms with Gasteiger partial charge >= 0.3 is 0 Å². The number of aldehydes is 1. The van der Waals surface area contributed by atoms with Crippen molar-refractivity contribution in [1.29, 1.82) is 0 Å². The molecule has 0 aliphatic rings. The Hall–Kier alpha value is -0.700. The first kappa shape index (κ1) is 13.3. The van der Waals surface area contributed by atoms with Gasteiger partial charge < -0.3 is 10.1 Å². The van der Waals surface area contributed by atoms with Crippen LogP contribution in [-0.2, 0) is 9.59 Å². The molecule has 0 spiro atoms. The first-order valence-corrected chi connectivity index (χ1v) is 5.09. The van der Waals surface area contributed by atoms with E-state index in [1.807, 2.05) is 27.7 Å². The van der Waals surface area contributed by atoms with Gasteiger partial charge in [0.1, 0.15) is 12.1 Å². The van der Waals surface area contributed by atoms with Crippen LogP contribution >= 0.6 is 0 Å². The lowest BCUT2D eigenvalue weighted by atomic mass is 9.96. The summed E-state index contributed by atoms with van der Waals surface area (Å²) in [5.41, 5.74) is -0.332. The van der Waals surface area contributed by atoms with Crippen LogP contribution in [-0.4, -0.2) is 25.2 Å². The molecule has 0 unspecified atom stereocenters. The van der Waals surface area contributed by atoms with Crippen LogP contribution in [0.2, 0.25) is 0 Å². The molecule has 3 heteroatoms. The van der Waals surface area contributed by atoms with Gasteiger partial charge in [-0.1, -0.05) is 27.7 Å². The summed E-state index contributed by atoms with van der Waals surface area (Å²) < 4.78 is 0. The number of carbonyl (C=O) groups is 2. The fraction of sp³-hybridized carbons (Fsp3) is 0.818. The minimum Gasteiger partial charge on any atom is -0.315 e. The van der Waals surface area contributed by atoms with E-state index in [4.69, 9.17) is 0 Å². The highest BCUT2D eigenvalue weighted by Gasteiger charge is 2.15. The van der Waals surface area contributed by atoms with E-state index >= 15 is 0 Å². The van der Waals surface area contributed by atoms with Gasteiger partial charge in [0.05, 0.1) is 0 Å². The second kappa shape index (κ2) is 5.91. The highest BCUT2D eigenvalue weighted by molar-refractivity contribution is 5.80. The molecular formula is C11H21NO2. The first-order chi connectivity index (χ1) is 6.39. The smallest absolute Gasteiger partial charge is 0.136 e. The minimum absolute atomic E-state index is 0.107. The molecule has 0 fully saturated rings. The Morgan fingerprint density at radius 2 is 2.00 bits per heavy atom. The highest BCUT2D eigenvalue weighted by atomic mass is 16.1. The van der Waals surface area contributed by atoms with Crippen LogP contribution in [0.25, 0.3) is 0 Å². The SMILES string of the molecule is CC(C)C(=O)CCNCC(C)(C)C=O. The number of nitrogens with one attached hydrogen (secondary N) is 1. The maximum Gasteiger partial charge on any atom is 0.136 e. The summed E-state index contributed by atoms with van der Waals surface area (Å²) in [5.74, 6) is 0.372. The van der Waals surface area contributed by atoms with Gasteiger partial charge in [-0.05, 0) is 0 Å². The molecule has 0 bridgehead atoms. The third-order valence-corrected chi connectivity index (χ3v) is 2.09. The third-order valence-electron chi connectivity index (χ3n) is 2.09. The molecule has 0 saturated heterocycles. The molecule has 0 rings (SSSR count). The molecule has 0 atom stereocenters. The Morgan fingerprint density at radius 3 is 2.43 bits per heavy atom. The van der Waals surface area contributed by atoms with Crippen molar-refractivity contribution in [2.45, 2.75) is 34.1 Å². The lowest BCUT2D eigenvalue weighted by Gasteiger charge is -2.17. The van der Waals surface area contributed by atoms with Gasteiger partial charge in [0, 0.05) is 30.8 Å². The quantitative estimate of drug-likeness (QED) is 0.498. The summed E-state index contributed by atoms with van der Waals surface area (Å²) in [7, 11) is 0. The Morgan fingerprint density at radius 1 is 1.43 bits per heavy atom. The van der Waals surface area contributed by atoms with E-state index in [9.17, 15) is 9.59 Å². The predicted molar refractivity (Wildman–Crippen MR) is 57.2 cm³/mol. The summed E-state index contributed by atoms with van der Waals surface area (Å²) in [6.45, 7) is 8.83. The molecule has 0 aliphatic heterocycles. The molecule has 0 saturated carbocycles. The fourth-order valence-corrected chi connectivity index (χ4v) is 0.952. The van der Waals surface area contributed by atoms with Gasteiger partial charge in [0.15, 0.2) is 0 Å². The van der Waals surface area contributed by atoms with Gasteiger partial charge in [-0.25, -0.2) is 0 Å². The zero-order valence-corrected chi connectivity index (χ0v) is 9.59. The van der Waals surface area contributed by atoms with Crippen LogP contribution in [0.15, 0.2) is 0 Å². The van der Waals surface area contributed by atoms with Crippen molar-refractivity contribution in [3.8, 4) is 0 Å². The minimum atomic E-state index is -0.332. The number of carbonyl (C=O) groups excluding carboxylic acids is 2. The first-order valence-electron chi connectivity index (χ1n) is 5.09. The van der Waals surface area contributed by atoms with Crippen molar-refractivity contribution in [3.63, 3.8) is 0 Å². The summed E-state index contributed by atoms with van der Waals surface area (Å²) >= 11 is 0. The van der Waals surface area contributed by atoms with Crippen LogP contribution in [0, 0.1) is 11.3 Å². The molecule has 0 aromatic heterocycles. The monoisotopic (exact) mass is 199 g/mol. The number of rotatable bonds is 7. The summed E-state index contributed by atoms with van der Waals surface area (Å²) in [6, 6.07) is 0. The van der Waals surface area contributed by atoms with Gasteiger partial charge in [-0.15, -0.1) is 0 Å². The van der Waals surface area contributed by atoms with Crippen molar-refractivity contribution in [2.75, 3.05) is 13.1 Å². The van der Waals surface area contributed by atoms with Crippen molar-refractivity contribution < 1.29 is 9.59 Å². The van der Waals surface area contributed by atoms with Crippen LogP contribution < -0.4 is 5.32 Å². The largest absolute Gasteiger partial charge is 0.315 e. The summed E-state index contributed by atoms with van der Waals surface area (Å²) in [5, 5.41) is 3.11. The fourth-order valence-electron chi connectivity index (χ4n) is 0.952. The Labute approximate surface area is 86.3 Å². The van der Waals surface area contributed by atoms with Gasteiger partial charge in [0.2, 0.25) is 0 Å². The Kier molecular flexibility index (Phi) is 5.62. The number of hydrogen-bond acceptors (Lipinski definition) is 3. The van der Waals surface area contributed by atoms with Crippen LogP contribution in [0.1, 0.15) is 34.1 Å². The lowest BCUT2D eigenvalue weighted by molar-refractivity contribution is -0.121. The zero-order chi connectivity index (χ0) is 11.2. The van der Waals surface area contributed by atoms with E-state index in [2.05, 4.69) is 5.32 Å². The molecule has 0 aromatic carbocycles. The number of ketones is 1. The van der Waals surface area contributed by atoms with E-state index in [0.717, 1.165) is 6.29 Å². The van der Waals surface area contributed by atoms with E-state index in [1.165, 1.54) is 0 Å². The predicted octanol–water partition coefficient (Wildman–Crippen LogP) is 1.42. The van der Waals surface area contributed by atoms with Gasteiger partial charge in [-0.2, -0.15) is 0 Å². The van der Waals surface area contributed by atoms with E-state index in [0.29, 0.717) is 19.5 Å². The number of hydrogen-bond donors (Lipinski definition) is 1. The zero-order valence-electron chi connectivity index (χ0n) is 9.59. The van der Waals surface area contributed by atoms with Crippen molar-refractivity contribution in [1.82, 2.24) is 5.32 Å². The van der Waals surface area contributed by atoms with Crippen molar-refractivity contribution in [3.05, 3.63) is 0 Å². The average molecular weight is 199 g/mol. The van der Waals surface area contributed by atoms with Crippen LogP contribution in [0.4, 0.5) is 0 Å². The third kappa shape index (κ3) is 5.86. The topological polar surface area (TPSA) is 46.2 Å². The molecule has 0 heterocycles. The lowest BCUT2D eigenvalue weighted by Crippen LogP contribution is -2.32. The number of Topliss-reactive ketones (excluding diaryl/α,β-unsaturated/α-hetero) is 1. The maximum atomic E-state index is 11.2. The molecule has 82 valence electrons. The average Bonchev–Trinajstić information content (AvgIpc) is 2.12. The van der Waals surface area contributed by atoms with Gasteiger partial charge in [-0.3, -0.25) is 4.79 Å². The maximum absolute atomic E-state index is 11.2. The van der Waals surface area contributed by atoms with Crippen molar-refractivity contribution in [2.24, 2.45) is 11.3 Å². The van der Waals surface area contributed by atoms with Crippen LogP contribution in [0.3, 0.4) is 0 Å². The molecule has 3 nitrogen and oxygen atoms in total. The summed E-state index contributed by atoms with van der Waals surface area (Å²) in [4.78, 5) is 21.8. The molecule has 1 N–H and O–H groups in total. The second-order valence-corrected chi connectivity index (χ2v) is 4.65. The Balaban J connectivity index is 3.57. The highest BCUT2D eigenvalue weighted by Crippen LogP contribution is 2.08. The van der Waals surface area contributed by atoms with E-state index in [1.54, 1.807) is 0 Å². The standard InChI is InChI=1S/C11H21NO2/c1-9(2)10(14)5-6-12-7-11(3,4)8-13/h8-9,12H,5-7H2,1-4H3. The van der Waals surface area contributed by atoms with E-state index < -0.39 is 0 Å². The van der Waals surface area contributed by atoms with Gasteiger partial charge in [0.25, 0.3) is 0 Å². The normalized spacial score (nSPS) is 11.8. The molecular weight excluding hydrogens is 178 g/mol. The second-order valence-electron chi connectivity index (χ2n) is 4.65. The summed E-state index contributed by atoms with van der Waals surface area (Å²) in [6.07, 6.45) is 1.48.